The maximum Gasteiger partial charge on any atom is 0.0684 e. The molecule has 0 atom stereocenters. The smallest absolute Gasteiger partial charge is 0.0684 e. The van der Waals surface area contributed by atoms with Crippen LogP contribution in [-0.4, -0.2) is 21.9 Å². The first-order chi connectivity index (χ1) is 6.31. The molecule has 3 nitrogen and oxygen atoms in total. The Hall–Kier alpha value is -0.900. The van der Waals surface area contributed by atoms with Crippen molar-refractivity contribution in [3.05, 3.63) is 34.9 Å². The molecule has 0 bridgehead atoms. The van der Waals surface area contributed by atoms with Crippen LogP contribution in [0.25, 0.3) is 0 Å². The molecule has 0 saturated heterocycles. The molecule has 1 aromatic carbocycles. The van der Waals surface area contributed by atoms with E-state index in [9.17, 15) is 0 Å². The minimum atomic E-state index is -0.0267. The van der Waals surface area contributed by atoms with E-state index < -0.39 is 0 Å². The summed E-state index contributed by atoms with van der Waals surface area (Å²) in [5.74, 6) is 0. The monoisotopic (exact) mass is 182 g/mol. The van der Waals surface area contributed by atoms with E-state index in [-0.39, 0.29) is 19.8 Å². The molecule has 1 aromatic rings. The zero-order chi connectivity index (χ0) is 9.68. The average molecular weight is 182 g/mol. The topological polar surface area (TPSA) is 60.7 Å². The van der Waals surface area contributed by atoms with E-state index in [2.05, 4.69) is 0 Å². The molecule has 3 N–H and O–H groups in total. The number of aliphatic hydroxyl groups is 3. The zero-order valence-electron chi connectivity index (χ0n) is 7.40. The normalized spacial score (nSPS) is 10.4. The SMILES string of the molecule is OCCc1cc(CO)ccc1CO. The third-order valence-corrected chi connectivity index (χ3v) is 2.00. The summed E-state index contributed by atoms with van der Waals surface area (Å²) in [6, 6.07) is 5.35. The van der Waals surface area contributed by atoms with E-state index in [1.807, 2.05) is 6.07 Å². The average Bonchev–Trinajstić information content (AvgIpc) is 2.18. The van der Waals surface area contributed by atoms with Gasteiger partial charge in [-0.15, -0.1) is 0 Å². The number of rotatable bonds is 4. The lowest BCUT2D eigenvalue weighted by atomic mass is 10.0. The third kappa shape index (κ3) is 2.52. The second-order valence-electron chi connectivity index (χ2n) is 2.89. The summed E-state index contributed by atoms with van der Waals surface area (Å²) in [6.45, 7) is 0.0209. The molecular weight excluding hydrogens is 168 g/mol. The summed E-state index contributed by atoms with van der Waals surface area (Å²) in [5, 5.41) is 26.6. The van der Waals surface area contributed by atoms with Gasteiger partial charge in [0.25, 0.3) is 0 Å². The molecule has 0 spiro atoms. The van der Waals surface area contributed by atoms with Crippen LogP contribution in [0.15, 0.2) is 18.2 Å². The molecular formula is C10H14O3. The predicted molar refractivity (Wildman–Crippen MR) is 49.1 cm³/mol. The molecule has 0 saturated carbocycles. The summed E-state index contributed by atoms with van der Waals surface area (Å²) in [5.41, 5.74) is 2.52. The van der Waals surface area contributed by atoms with E-state index in [1.54, 1.807) is 12.1 Å². The number of hydrogen-bond donors (Lipinski definition) is 3. The Morgan fingerprint density at radius 2 is 1.69 bits per heavy atom. The first-order valence-electron chi connectivity index (χ1n) is 4.25. The summed E-state index contributed by atoms with van der Waals surface area (Å²) in [6.07, 6.45) is 0.518. The Labute approximate surface area is 77.3 Å². The molecule has 0 aliphatic heterocycles. The van der Waals surface area contributed by atoms with Gasteiger partial charge in [0.15, 0.2) is 0 Å². The standard InChI is InChI=1S/C10H14O3/c11-4-3-9-5-8(6-12)1-2-10(9)7-13/h1-2,5,11-13H,3-4,6-7H2. The quantitative estimate of drug-likeness (QED) is 0.623. The Bertz CT molecular complexity index is 271. The molecule has 0 fully saturated rings. The lowest BCUT2D eigenvalue weighted by molar-refractivity contribution is 0.273. The predicted octanol–water partition coefficient (Wildman–Crippen LogP) is 0.206. The van der Waals surface area contributed by atoms with Crippen LogP contribution in [0.5, 0.6) is 0 Å². The van der Waals surface area contributed by atoms with Gasteiger partial charge in [-0.3, -0.25) is 0 Å². The molecule has 1 rings (SSSR count). The lowest BCUT2D eigenvalue weighted by Crippen LogP contribution is -1.99. The van der Waals surface area contributed by atoms with Crippen LogP contribution in [0.4, 0.5) is 0 Å². The van der Waals surface area contributed by atoms with Gasteiger partial charge in [-0.2, -0.15) is 0 Å². The summed E-state index contributed by atoms with van der Waals surface area (Å²) in [7, 11) is 0. The van der Waals surface area contributed by atoms with Crippen molar-refractivity contribution in [1.82, 2.24) is 0 Å². The van der Waals surface area contributed by atoms with Crippen molar-refractivity contribution in [3.63, 3.8) is 0 Å². The van der Waals surface area contributed by atoms with E-state index in [1.165, 1.54) is 0 Å². The van der Waals surface area contributed by atoms with Gasteiger partial charge in [0, 0.05) is 6.61 Å². The fourth-order valence-corrected chi connectivity index (χ4v) is 1.29. The maximum absolute atomic E-state index is 8.96. The van der Waals surface area contributed by atoms with Crippen molar-refractivity contribution in [2.24, 2.45) is 0 Å². The Kier molecular flexibility index (Phi) is 3.89. The first kappa shape index (κ1) is 10.2. The van der Waals surface area contributed by atoms with Crippen molar-refractivity contribution in [2.75, 3.05) is 6.61 Å². The minimum Gasteiger partial charge on any atom is -0.396 e. The second-order valence-corrected chi connectivity index (χ2v) is 2.89. The van der Waals surface area contributed by atoms with Crippen LogP contribution in [0.3, 0.4) is 0 Å². The highest BCUT2D eigenvalue weighted by molar-refractivity contribution is 5.31. The highest BCUT2D eigenvalue weighted by atomic mass is 16.3. The van der Waals surface area contributed by atoms with Crippen LogP contribution in [0.2, 0.25) is 0 Å². The van der Waals surface area contributed by atoms with Crippen molar-refractivity contribution in [3.8, 4) is 0 Å². The molecule has 0 aliphatic carbocycles. The molecule has 0 aliphatic rings. The molecule has 3 heteroatoms. The maximum atomic E-state index is 8.96. The van der Waals surface area contributed by atoms with Crippen molar-refractivity contribution < 1.29 is 15.3 Å². The fraction of sp³-hybridized carbons (Fsp3) is 0.400. The summed E-state index contributed by atoms with van der Waals surface area (Å²) in [4.78, 5) is 0. The van der Waals surface area contributed by atoms with Gasteiger partial charge >= 0.3 is 0 Å². The van der Waals surface area contributed by atoms with Gasteiger partial charge in [0.1, 0.15) is 0 Å². The van der Waals surface area contributed by atoms with E-state index in [0.717, 1.165) is 16.7 Å². The summed E-state index contributed by atoms with van der Waals surface area (Å²) < 4.78 is 0. The Morgan fingerprint density at radius 3 is 2.23 bits per heavy atom. The minimum absolute atomic E-state index is 0.00978. The lowest BCUT2D eigenvalue weighted by Gasteiger charge is -2.07. The van der Waals surface area contributed by atoms with Crippen LogP contribution in [0.1, 0.15) is 16.7 Å². The van der Waals surface area contributed by atoms with Gasteiger partial charge < -0.3 is 15.3 Å². The third-order valence-electron chi connectivity index (χ3n) is 2.00. The van der Waals surface area contributed by atoms with Gasteiger partial charge in [0.05, 0.1) is 13.2 Å². The molecule has 0 heterocycles. The van der Waals surface area contributed by atoms with Gasteiger partial charge in [0.2, 0.25) is 0 Å². The second kappa shape index (κ2) is 4.97. The Morgan fingerprint density at radius 1 is 0.923 bits per heavy atom. The Balaban J connectivity index is 2.95. The van der Waals surface area contributed by atoms with E-state index in [0.29, 0.717) is 6.42 Å². The molecule has 13 heavy (non-hydrogen) atoms. The van der Waals surface area contributed by atoms with Crippen molar-refractivity contribution in [1.29, 1.82) is 0 Å². The van der Waals surface area contributed by atoms with Gasteiger partial charge in [-0.1, -0.05) is 18.2 Å². The van der Waals surface area contributed by atoms with Gasteiger partial charge in [-0.25, -0.2) is 0 Å². The van der Waals surface area contributed by atoms with Gasteiger partial charge in [-0.05, 0) is 23.1 Å². The van der Waals surface area contributed by atoms with Crippen molar-refractivity contribution >= 4 is 0 Å². The molecule has 0 radical (unpaired) electrons. The zero-order valence-corrected chi connectivity index (χ0v) is 7.40. The van der Waals surface area contributed by atoms with Crippen LogP contribution < -0.4 is 0 Å². The molecule has 0 amide bonds. The van der Waals surface area contributed by atoms with Crippen LogP contribution in [0, 0.1) is 0 Å². The van der Waals surface area contributed by atoms with E-state index in [4.69, 9.17) is 15.3 Å². The molecule has 0 unspecified atom stereocenters. The number of aliphatic hydroxyl groups excluding tert-OH is 3. The largest absolute Gasteiger partial charge is 0.396 e. The van der Waals surface area contributed by atoms with Crippen molar-refractivity contribution in [2.45, 2.75) is 19.6 Å². The number of hydrogen-bond acceptors (Lipinski definition) is 3. The number of benzene rings is 1. The fourth-order valence-electron chi connectivity index (χ4n) is 1.29. The molecule has 72 valence electrons. The van der Waals surface area contributed by atoms with Crippen LogP contribution >= 0.6 is 0 Å². The molecule has 0 aromatic heterocycles. The van der Waals surface area contributed by atoms with Crippen LogP contribution in [-0.2, 0) is 19.6 Å². The summed E-state index contributed by atoms with van der Waals surface area (Å²) >= 11 is 0. The first-order valence-corrected chi connectivity index (χ1v) is 4.25. The highest BCUT2D eigenvalue weighted by Gasteiger charge is 2.01. The highest BCUT2D eigenvalue weighted by Crippen LogP contribution is 2.12. The van der Waals surface area contributed by atoms with E-state index >= 15 is 0 Å².